The number of anilines is 2. The van der Waals surface area contributed by atoms with Gasteiger partial charge < -0.3 is 25.5 Å². The molecule has 0 radical (unpaired) electrons. The number of rotatable bonds is 12. The first-order chi connectivity index (χ1) is 19.4. The van der Waals surface area contributed by atoms with Gasteiger partial charge in [0.05, 0.1) is 36.5 Å². The Morgan fingerprint density at radius 1 is 1.15 bits per heavy atom. The Kier molecular flexibility index (Phi) is 8.82. The molecule has 4 rings (SSSR count). The zero-order valence-corrected chi connectivity index (χ0v) is 24.0. The third-order valence-electron chi connectivity index (χ3n) is 5.91. The number of amidine groups is 1. The summed E-state index contributed by atoms with van der Waals surface area (Å²) < 4.78 is 54.0. The van der Waals surface area contributed by atoms with E-state index >= 15 is 4.39 Å². The number of aromatic nitrogens is 2. The Balaban J connectivity index is 1.84. The van der Waals surface area contributed by atoms with E-state index < -0.39 is 21.9 Å². The van der Waals surface area contributed by atoms with Crippen LogP contribution in [0.25, 0.3) is 11.3 Å². The van der Waals surface area contributed by atoms with Crippen molar-refractivity contribution < 1.29 is 22.3 Å². The highest BCUT2D eigenvalue weighted by Crippen LogP contribution is 2.37. The molecule has 0 saturated heterocycles. The Morgan fingerprint density at radius 2 is 1.85 bits per heavy atom. The smallest absolute Gasteiger partial charge is 0.229 e. The van der Waals surface area contributed by atoms with E-state index in [4.69, 9.17) is 20.6 Å². The van der Waals surface area contributed by atoms with Gasteiger partial charge in [0.2, 0.25) is 10.0 Å². The highest BCUT2D eigenvalue weighted by Gasteiger charge is 2.26. The molecule has 0 aliphatic carbocycles. The lowest BCUT2D eigenvalue weighted by atomic mass is 10.0. The maximum Gasteiger partial charge on any atom is 0.229 e. The van der Waals surface area contributed by atoms with Crippen LogP contribution in [0.3, 0.4) is 0 Å². The number of nitrogens with zero attached hydrogens (tertiary/aromatic N) is 1. The number of ether oxygens (including phenoxy) is 2. The van der Waals surface area contributed by atoms with Crippen LogP contribution in [0.5, 0.6) is 11.5 Å². The molecule has 0 bridgehead atoms. The van der Waals surface area contributed by atoms with Gasteiger partial charge in [0.1, 0.15) is 23.5 Å². The fourth-order valence-electron chi connectivity index (χ4n) is 4.23. The van der Waals surface area contributed by atoms with E-state index in [1.54, 1.807) is 74.6 Å². The number of nitrogens with two attached hydrogens (primary N) is 1. The number of para-hydroxylation sites is 1. The van der Waals surface area contributed by atoms with E-state index in [0.29, 0.717) is 46.4 Å². The van der Waals surface area contributed by atoms with Crippen LogP contribution in [-0.4, -0.2) is 43.2 Å². The maximum absolute atomic E-state index is 16.1. The van der Waals surface area contributed by atoms with Crippen molar-refractivity contribution >= 4 is 27.2 Å². The number of benzene rings is 3. The van der Waals surface area contributed by atoms with Gasteiger partial charge in [0.25, 0.3) is 0 Å². The molecule has 4 aromatic rings. The molecule has 1 unspecified atom stereocenters. The third-order valence-corrected chi connectivity index (χ3v) is 6.50. The Bertz CT molecular complexity index is 1640. The predicted octanol–water partition coefficient (Wildman–Crippen LogP) is 5.26. The molecule has 41 heavy (non-hydrogen) atoms. The van der Waals surface area contributed by atoms with E-state index in [0.717, 1.165) is 6.26 Å². The monoisotopic (exact) mass is 580 g/mol. The first-order valence-corrected chi connectivity index (χ1v) is 14.8. The molecule has 1 aromatic heterocycles. The number of hydrogen-bond donors (Lipinski definition) is 5. The van der Waals surface area contributed by atoms with Crippen LogP contribution in [0.15, 0.2) is 66.9 Å². The maximum atomic E-state index is 16.1. The molecule has 1 atom stereocenters. The number of hydrogen-bond acceptors (Lipinski definition) is 7. The van der Waals surface area contributed by atoms with E-state index in [2.05, 4.69) is 20.0 Å². The molecular formula is C29H33FN6O4S. The Labute approximate surface area is 238 Å². The van der Waals surface area contributed by atoms with Crippen molar-refractivity contribution in [2.24, 2.45) is 5.73 Å². The van der Waals surface area contributed by atoms with Crippen molar-refractivity contribution in [2.45, 2.75) is 32.9 Å². The SMILES string of the molecule is CCOc1cc(OC(C)C)c(F)c(C(Nc2ccc(C(=N)N)cc2)c2ncc(-c3ccccc3NS(C)(=O)=O)[nH]2)c1. The first kappa shape index (κ1) is 29.4. The number of imidazole rings is 1. The van der Waals surface area contributed by atoms with Gasteiger partial charge in [-0.3, -0.25) is 10.1 Å². The highest BCUT2D eigenvalue weighted by atomic mass is 32.2. The summed E-state index contributed by atoms with van der Waals surface area (Å²) in [6, 6.07) is 16.0. The molecular weight excluding hydrogens is 547 g/mol. The highest BCUT2D eigenvalue weighted by molar-refractivity contribution is 7.92. The summed E-state index contributed by atoms with van der Waals surface area (Å²) in [4.78, 5) is 7.79. The molecule has 6 N–H and O–H groups in total. The third kappa shape index (κ3) is 7.34. The van der Waals surface area contributed by atoms with Crippen LogP contribution in [0.4, 0.5) is 15.8 Å². The van der Waals surface area contributed by atoms with Crippen LogP contribution in [0.1, 0.15) is 43.8 Å². The summed E-state index contributed by atoms with van der Waals surface area (Å²) in [5.41, 5.74) is 8.42. The van der Waals surface area contributed by atoms with E-state index in [9.17, 15) is 8.42 Å². The second kappa shape index (κ2) is 12.3. The fraction of sp³-hybridized carbons (Fsp3) is 0.241. The molecule has 0 spiro atoms. The fourth-order valence-corrected chi connectivity index (χ4v) is 4.80. The number of sulfonamides is 1. The zero-order chi connectivity index (χ0) is 29.7. The van der Waals surface area contributed by atoms with Gasteiger partial charge in [0, 0.05) is 28.4 Å². The van der Waals surface area contributed by atoms with Gasteiger partial charge >= 0.3 is 0 Å². The number of nitrogen functional groups attached to an aromatic ring is 1. The van der Waals surface area contributed by atoms with Crippen LogP contribution in [-0.2, 0) is 10.0 Å². The average molecular weight is 581 g/mol. The van der Waals surface area contributed by atoms with Crippen molar-refractivity contribution in [1.82, 2.24) is 9.97 Å². The van der Waals surface area contributed by atoms with E-state index in [-0.39, 0.29) is 23.3 Å². The van der Waals surface area contributed by atoms with Crippen LogP contribution >= 0.6 is 0 Å². The lowest BCUT2D eigenvalue weighted by Crippen LogP contribution is -2.18. The molecule has 0 aliphatic heterocycles. The van der Waals surface area contributed by atoms with Gasteiger partial charge in [-0.05, 0) is 57.2 Å². The molecule has 216 valence electrons. The predicted molar refractivity (Wildman–Crippen MR) is 159 cm³/mol. The summed E-state index contributed by atoms with van der Waals surface area (Å²) in [6.07, 6.45) is 2.35. The molecule has 3 aromatic carbocycles. The second-order valence-electron chi connectivity index (χ2n) is 9.59. The quantitative estimate of drug-likeness (QED) is 0.113. The van der Waals surface area contributed by atoms with Gasteiger partial charge in [-0.2, -0.15) is 0 Å². The topological polar surface area (TPSA) is 155 Å². The Hall–Kier alpha value is -4.58. The molecule has 12 heteroatoms. The van der Waals surface area contributed by atoms with Gasteiger partial charge in [0.15, 0.2) is 11.6 Å². The lowest BCUT2D eigenvalue weighted by Gasteiger charge is -2.22. The van der Waals surface area contributed by atoms with E-state index in [1.807, 2.05) is 6.92 Å². The van der Waals surface area contributed by atoms with Crippen molar-refractivity contribution in [3.05, 3.63) is 89.6 Å². The minimum absolute atomic E-state index is 0.0363. The van der Waals surface area contributed by atoms with Gasteiger partial charge in [-0.25, -0.2) is 17.8 Å². The number of H-pyrrole nitrogens is 1. The van der Waals surface area contributed by atoms with Crippen molar-refractivity contribution in [1.29, 1.82) is 5.41 Å². The lowest BCUT2D eigenvalue weighted by molar-refractivity contribution is 0.228. The second-order valence-corrected chi connectivity index (χ2v) is 11.3. The van der Waals surface area contributed by atoms with Gasteiger partial charge in [-0.15, -0.1) is 0 Å². The van der Waals surface area contributed by atoms with Crippen LogP contribution in [0, 0.1) is 11.2 Å². The zero-order valence-electron chi connectivity index (χ0n) is 23.2. The van der Waals surface area contributed by atoms with Crippen LogP contribution < -0.4 is 25.2 Å². The largest absolute Gasteiger partial charge is 0.494 e. The molecule has 1 heterocycles. The standard InChI is InChI=1S/C29H33FN6O4S/c1-5-39-20-14-22(26(30)25(15-20)40-17(2)3)27(34-19-12-10-18(11-13-19)28(31)32)29-33-16-24(35-29)21-8-6-7-9-23(21)36-41(4,37)38/h6-17,27,34,36H,5H2,1-4H3,(H3,31,32)(H,33,35). The summed E-state index contributed by atoms with van der Waals surface area (Å²) in [6.45, 7) is 5.81. The average Bonchev–Trinajstić information content (AvgIpc) is 3.38. The summed E-state index contributed by atoms with van der Waals surface area (Å²) >= 11 is 0. The number of nitrogens with one attached hydrogen (secondary N) is 4. The minimum atomic E-state index is -3.54. The minimum Gasteiger partial charge on any atom is -0.494 e. The molecule has 0 fully saturated rings. The molecule has 0 saturated carbocycles. The van der Waals surface area contributed by atoms with Gasteiger partial charge in [-0.1, -0.05) is 18.2 Å². The summed E-state index contributed by atoms with van der Waals surface area (Å²) in [5.74, 6) is 0.156. The van der Waals surface area contributed by atoms with Crippen LogP contribution in [0.2, 0.25) is 0 Å². The normalized spacial score (nSPS) is 12.1. The molecule has 10 nitrogen and oxygen atoms in total. The van der Waals surface area contributed by atoms with Crippen molar-refractivity contribution in [2.75, 3.05) is 22.9 Å². The van der Waals surface area contributed by atoms with Crippen molar-refractivity contribution in [3.8, 4) is 22.8 Å². The number of aromatic amines is 1. The molecule has 0 aliphatic rings. The van der Waals surface area contributed by atoms with E-state index in [1.165, 1.54) is 6.07 Å². The number of halogens is 1. The summed E-state index contributed by atoms with van der Waals surface area (Å²) in [5, 5.41) is 11.0. The van der Waals surface area contributed by atoms with Crippen molar-refractivity contribution in [3.63, 3.8) is 0 Å². The summed E-state index contributed by atoms with van der Waals surface area (Å²) in [7, 11) is -3.54. The molecule has 0 amide bonds. The Morgan fingerprint density at radius 3 is 2.49 bits per heavy atom. The first-order valence-electron chi connectivity index (χ1n) is 12.9.